The molecule has 0 bridgehead atoms. The first kappa shape index (κ1) is 21.8. The van der Waals surface area contributed by atoms with Gasteiger partial charge < -0.3 is 19.8 Å². The maximum absolute atomic E-state index is 13.8. The fourth-order valence-electron chi connectivity index (χ4n) is 3.31. The largest absolute Gasteiger partial charge is 0.473 e. The first-order valence-electron chi connectivity index (χ1n) is 9.17. The molecule has 2 heterocycles. The minimum atomic E-state index is -1.82. The van der Waals surface area contributed by atoms with Crippen LogP contribution in [0.25, 0.3) is 0 Å². The molecule has 2 aliphatic rings. The molecule has 9 heteroatoms. The van der Waals surface area contributed by atoms with Gasteiger partial charge in [-0.25, -0.2) is 14.0 Å². The third-order valence-electron chi connectivity index (χ3n) is 4.84. The van der Waals surface area contributed by atoms with Crippen molar-refractivity contribution >= 4 is 17.8 Å². The van der Waals surface area contributed by atoms with Crippen LogP contribution in [0.15, 0.2) is 24.3 Å². The number of hydrogen-bond acceptors (Lipinski definition) is 5. The number of aliphatic carboxylic acids is 2. The number of hydrogen-bond donors (Lipinski definition) is 2. The van der Waals surface area contributed by atoms with E-state index in [1.165, 1.54) is 6.07 Å². The van der Waals surface area contributed by atoms with Crippen molar-refractivity contribution in [2.24, 2.45) is 0 Å². The van der Waals surface area contributed by atoms with E-state index in [1.54, 1.807) is 6.07 Å². The minimum Gasteiger partial charge on any atom is -0.473 e. The Morgan fingerprint density at radius 3 is 2.11 bits per heavy atom. The summed E-state index contributed by atoms with van der Waals surface area (Å²) < 4.78 is 19.1. The SMILES string of the molecule is O=C(CN1CCC(c2ccccc2F)CC1)N1CCOCC1.O=C(O)C(=O)O. The van der Waals surface area contributed by atoms with Crippen LogP contribution in [0.1, 0.15) is 24.3 Å². The molecule has 2 N–H and O–H groups in total. The van der Waals surface area contributed by atoms with E-state index in [4.69, 9.17) is 24.5 Å². The van der Waals surface area contributed by atoms with Crippen LogP contribution in [-0.2, 0) is 19.1 Å². The highest BCUT2D eigenvalue weighted by Gasteiger charge is 2.25. The molecule has 0 spiro atoms. The van der Waals surface area contributed by atoms with Crippen molar-refractivity contribution in [3.8, 4) is 0 Å². The molecule has 0 aliphatic carbocycles. The number of benzene rings is 1. The highest BCUT2D eigenvalue weighted by atomic mass is 19.1. The highest BCUT2D eigenvalue weighted by Crippen LogP contribution is 2.29. The summed E-state index contributed by atoms with van der Waals surface area (Å²) in [7, 11) is 0. The van der Waals surface area contributed by atoms with Crippen molar-refractivity contribution in [2.75, 3.05) is 45.9 Å². The zero-order chi connectivity index (χ0) is 20.5. The van der Waals surface area contributed by atoms with E-state index in [1.807, 2.05) is 17.0 Å². The summed E-state index contributed by atoms with van der Waals surface area (Å²) in [5, 5.41) is 14.8. The topological polar surface area (TPSA) is 107 Å². The molecule has 0 unspecified atom stereocenters. The lowest BCUT2D eigenvalue weighted by Crippen LogP contribution is -2.47. The van der Waals surface area contributed by atoms with Crippen LogP contribution in [0.3, 0.4) is 0 Å². The number of piperidine rings is 1. The normalized spacial score (nSPS) is 18.1. The Bertz CT molecular complexity index is 673. The van der Waals surface area contributed by atoms with Gasteiger partial charge in [0.15, 0.2) is 0 Å². The first-order chi connectivity index (χ1) is 13.4. The van der Waals surface area contributed by atoms with Gasteiger partial charge in [0, 0.05) is 13.1 Å². The fourth-order valence-corrected chi connectivity index (χ4v) is 3.31. The number of halogens is 1. The second kappa shape index (κ2) is 10.7. The van der Waals surface area contributed by atoms with E-state index in [0.29, 0.717) is 32.8 Å². The molecule has 1 amide bonds. The number of amides is 1. The summed E-state index contributed by atoms with van der Waals surface area (Å²) in [5.41, 5.74) is 0.821. The van der Waals surface area contributed by atoms with Gasteiger partial charge in [-0.05, 0) is 43.5 Å². The quantitative estimate of drug-likeness (QED) is 0.735. The zero-order valence-corrected chi connectivity index (χ0v) is 15.6. The molecule has 28 heavy (non-hydrogen) atoms. The van der Waals surface area contributed by atoms with Gasteiger partial charge in [-0.1, -0.05) is 18.2 Å². The van der Waals surface area contributed by atoms with Crippen LogP contribution >= 0.6 is 0 Å². The molecule has 1 aromatic carbocycles. The molecule has 0 radical (unpaired) electrons. The molecule has 2 fully saturated rings. The van der Waals surface area contributed by atoms with Gasteiger partial charge in [0.2, 0.25) is 5.91 Å². The van der Waals surface area contributed by atoms with Gasteiger partial charge in [-0.2, -0.15) is 0 Å². The van der Waals surface area contributed by atoms with E-state index < -0.39 is 11.9 Å². The van der Waals surface area contributed by atoms with Crippen molar-refractivity contribution in [1.82, 2.24) is 9.80 Å². The zero-order valence-electron chi connectivity index (χ0n) is 15.6. The lowest BCUT2D eigenvalue weighted by molar-refractivity contribution is -0.159. The van der Waals surface area contributed by atoms with E-state index in [2.05, 4.69) is 4.90 Å². The van der Waals surface area contributed by atoms with E-state index in [9.17, 15) is 9.18 Å². The van der Waals surface area contributed by atoms with Crippen LogP contribution < -0.4 is 0 Å². The van der Waals surface area contributed by atoms with Crippen LogP contribution in [0.2, 0.25) is 0 Å². The second-order valence-corrected chi connectivity index (χ2v) is 6.68. The molecule has 0 saturated carbocycles. The van der Waals surface area contributed by atoms with Gasteiger partial charge in [-0.15, -0.1) is 0 Å². The van der Waals surface area contributed by atoms with Crippen molar-refractivity contribution in [3.63, 3.8) is 0 Å². The lowest BCUT2D eigenvalue weighted by Gasteiger charge is -2.34. The molecule has 2 aliphatic heterocycles. The molecule has 1 aromatic rings. The van der Waals surface area contributed by atoms with Crippen LogP contribution in [0, 0.1) is 5.82 Å². The lowest BCUT2D eigenvalue weighted by atomic mass is 9.89. The summed E-state index contributed by atoms with van der Waals surface area (Å²) in [6.07, 6.45) is 1.83. The first-order valence-corrected chi connectivity index (χ1v) is 9.17. The summed E-state index contributed by atoms with van der Waals surface area (Å²) in [4.78, 5) is 34.5. The van der Waals surface area contributed by atoms with Crippen molar-refractivity contribution in [3.05, 3.63) is 35.6 Å². The van der Waals surface area contributed by atoms with Crippen molar-refractivity contribution < 1.29 is 33.7 Å². The Balaban J connectivity index is 0.000000409. The van der Waals surface area contributed by atoms with Crippen LogP contribution in [0.4, 0.5) is 4.39 Å². The van der Waals surface area contributed by atoms with Crippen molar-refractivity contribution in [1.29, 1.82) is 0 Å². The number of carbonyl (C=O) groups is 3. The molecule has 8 nitrogen and oxygen atoms in total. The number of nitrogens with zero attached hydrogens (tertiary/aromatic N) is 2. The third kappa shape index (κ3) is 6.58. The Hall–Kier alpha value is -2.52. The van der Waals surface area contributed by atoms with E-state index in [-0.39, 0.29) is 17.6 Å². The average Bonchev–Trinajstić information content (AvgIpc) is 2.70. The van der Waals surface area contributed by atoms with Crippen molar-refractivity contribution in [2.45, 2.75) is 18.8 Å². The maximum Gasteiger partial charge on any atom is 0.414 e. The summed E-state index contributed by atoms with van der Waals surface area (Å²) in [6.45, 7) is 4.87. The average molecular weight is 396 g/mol. The van der Waals surface area contributed by atoms with Gasteiger partial charge in [0.05, 0.1) is 19.8 Å². The number of carboxylic acids is 2. The van der Waals surface area contributed by atoms with Gasteiger partial charge in [-0.3, -0.25) is 9.69 Å². The number of carbonyl (C=O) groups excluding carboxylic acids is 1. The molecule has 3 rings (SSSR count). The van der Waals surface area contributed by atoms with Gasteiger partial charge in [0.1, 0.15) is 5.82 Å². The monoisotopic (exact) mass is 396 g/mol. The van der Waals surface area contributed by atoms with E-state index in [0.717, 1.165) is 31.5 Å². The maximum atomic E-state index is 13.8. The fraction of sp³-hybridized carbons (Fsp3) is 0.526. The predicted molar refractivity (Wildman–Crippen MR) is 97.5 cm³/mol. The number of morpholine rings is 1. The molecule has 0 aromatic heterocycles. The number of ether oxygens (including phenoxy) is 1. The number of rotatable bonds is 3. The summed E-state index contributed by atoms with van der Waals surface area (Å²) >= 11 is 0. The predicted octanol–water partition coefficient (Wildman–Crippen LogP) is 1.02. The molecular formula is C19H25FN2O6. The Kier molecular flexibility index (Phi) is 8.34. The Labute approximate surface area is 162 Å². The highest BCUT2D eigenvalue weighted by molar-refractivity contribution is 6.27. The van der Waals surface area contributed by atoms with Gasteiger partial charge in [0.25, 0.3) is 0 Å². The van der Waals surface area contributed by atoms with Crippen LogP contribution in [-0.4, -0.2) is 83.8 Å². The second-order valence-electron chi connectivity index (χ2n) is 6.68. The summed E-state index contributed by atoms with van der Waals surface area (Å²) in [6, 6.07) is 7.04. The van der Waals surface area contributed by atoms with E-state index >= 15 is 0 Å². The molecule has 2 saturated heterocycles. The Morgan fingerprint density at radius 1 is 1.00 bits per heavy atom. The molecular weight excluding hydrogens is 371 g/mol. The standard InChI is InChI=1S/C17H23FN2O2.C2H2O4/c18-16-4-2-1-3-15(16)14-5-7-19(8-6-14)13-17(21)20-9-11-22-12-10-20;3-1(4)2(5)6/h1-4,14H,5-13H2;(H,3,4)(H,5,6). The summed E-state index contributed by atoms with van der Waals surface area (Å²) in [5.74, 6) is -3.29. The number of carboxylic acid groups (broad SMARTS) is 2. The molecule has 154 valence electrons. The Morgan fingerprint density at radius 2 is 1.57 bits per heavy atom. The number of likely N-dealkylation sites (tertiary alicyclic amines) is 1. The smallest absolute Gasteiger partial charge is 0.414 e. The molecule has 0 atom stereocenters. The van der Waals surface area contributed by atoms with Gasteiger partial charge >= 0.3 is 11.9 Å². The minimum absolute atomic E-state index is 0.106. The van der Waals surface area contributed by atoms with Crippen LogP contribution in [0.5, 0.6) is 0 Å². The third-order valence-corrected chi connectivity index (χ3v) is 4.84.